The molecule has 0 aromatic heterocycles. The summed E-state index contributed by atoms with van der Waals surface area (Å²) in [5.41, 5.74) is 0.434. The first-order valence-electron chi connectivity index (χ1n) is 7.37. The van der Waals surface area contributed by atoms with Crippen LogP contribution in [0, 0.1) is 0 Å². The van der Waals surface area contributed by atoms with Gasteiger partial charge in [0.1, 0.15) is 22.1 Å². The fraction of sp³-hybridized carbons (Fsp3) is 0.294. The van der Waals surface area contributed by atoms with Crippen molar-refractivity contribution in [3.63, 3.8) is 0 Å². The second-order valence-corrected chi connectivity index (χ2v) is 6.96. The van der Waals surface area contributed by atoms with Crippen molar-refractivity contribution in [3.8, 4) is 17.2 Å². The lowest BCUT2D eigenvalue weighted by Gasteiger charge is -2.13. The summed E-state index contributed by atoms with van der Waals surface area (Å²) in [6.07, 6.45) is 0.0519. The molecule has 0 spiro atoms. The number of hydrogen-bond donors (Lipinski definition) is 1. The first-order valence-corrected chi connectivity index (χ1v) is 8.85. The topological polar surface area (TPSA) is 73.9 Å². The molecule has 130 valence electrons. The van der Waals surface area contributed by atoms with Crippen LogP contribution in [0.1, 0.15) is 13.8 Å². The molecule has 0 unspecified atom stereocenters. The Bertz CT molecular complexity index is 785. The van der Waals surface area contributed by atoms with Gasteiger partial charge in [-0.3, -0.25) is 4.72 Å². The maximum absolute atomic E-state index is 12.6. The van der Waals surface area contributed by atoms with Crippen LogP contribution in [0.25, 0.3) is 0 Å². The fourth-order valence-corrected chi connectivity index (χ4v) is 3.29. The summed E-state index contributed by atoms with van der Waals surface area (Å²) < 4.78 is 43.5. The van der Waals surface area contributed by atoms with E-state index in [0.29, 0.717) is 17.2 Å². The van der Waals surface area contributed by atoms with E-state index in [9.17, 15) is 8.42 Å². The third kappa shape index (κ3) is 4.32. The number of hydrogen-bond acceptors (Lipinski definition) is 5. The second kappa shape index (κ2) is 7.44. The molecule has 0 aliphatic rings. The van der Waals surface area contributed by atoms with Gasteiger partial charge in [-0.1, -0.05) is 0 Å². The van der Waals surface area contributed by atoms with E-state index in [1.165, 1.54) is 26.4 Å². The predicted molar refractivity (Wildman–Crippen MR) is 92.6 cm³/mol. The number of benzene rings is 2. The Morgan fingerprint density at radius 1 is 0.917 bits per heavy atom. The highest BCUT2D eigenvalue weighted by Gasteiger charge is 2.20. The van der Waals surface area contributed by atoms with Crippen molar-refractivity contribution >= 4 is 15.7 Å². The smallest absolute Gasteiger partial charge is 0.265 e. The van der Waals surface area contributed by atoms with Gasteiger partial charge >= 0.3 is 0 Å². The minimum Gasteiger partial charge on any atom is -0.497 e. The van der Waals surface area contributed by atoms with Gasteiger partial charge in [0.05, 0.1) is 20.3 Å². The molecule has 2 aromatic rings. The zero-order chi connectivity index (χ0) is 17.7. The number of nitrogens with one attached hydrogen (secondary N) is 1. The van der Waals surface area contributed by atoms with Gasteiger partial charge in [-0.2, -0.15) is 0 Å². The van der Waals surface area contributed by atoms with E-state index in [0.717, 1.165) is 0 Å². The van der Waals surface area contributed by atoms with Crippen molar-refractivity contribution in [2.75, 3.05) is 18.9 Å². The van der Waals surface area contributed by atoms with Crippen LogP contribution in [-0.2, 0) is 10.0 Å². The summed E-state index contributed by atoms with van der Waals surface area (Å²) in [5, 5.41) is 0. The molecule has 0 saturated carbocycles. The molecular formula is C17H21NO5S. The summed E-state index contributed by atoms with van der Waals surface area (Å²) in [6.45, 7) is 3.85. The van der Waals surface area contributed by atoms with Crippen molar-refractivity contribution in [1.29, 1.82) is 0 Å². The van der Waals surface area contributed by atoms with Crippen LogP contribution in [0.2, 0.25) is 0 Å². The van der Waals surface area contributed by atoms with Gasteiger partial charge in [-0.05, 0) is 50.2 Å². The molecular weight excluding hydrogens is 330 g/mol. The normalized spacial score (nSPS) is 11.2. The zero-order valence-corrected chi connectivity index (χ0v) is 14.9. The van der Waals surface area contributed by atoms with E-state index in [-0.39, 0.29) is 16.7 Å². The third-order valence-electron chi connectivity index (χ3n) is 3.14. The molecule has 1 N–H and O–H groups in total. The Morgan fingerprint density at radius 2 is 1.54 bits per heavy atom. The SMILES string of the molecule is COc1ccc(S(=O)(=O)Nc2ccc(OC(C)C)cc2)c(OC)c1. The lowest BCUT2D eigenvalue weighted by molar-refractivity contribution is 0.242. The molecule has 0 aliphatic heterocycles. The van der Waals surface area contributed by atoms with Crippen LogP contribution >= 0.6 is 0 Å². The second-order valence-electron chi connectivity index (χ2n) is 5.31. The first-order chi connectivity index (χ1) is 11.4. The molecule has 0 heterocycles. The molecule has 0 aliphatic carbocycles. The van der Waals surface area contributed by atoms with Crippen molar-refractivity contribution in [2.24, 2.45) is 0 Å². The average Bonchev–Trinajstić information content (AvgIpc) is 2.55. The fourth-order valence-electron chi connectivity index (χ4n) is 2.08. The van der Waals surface area contributed by atoms with Gasteiger partial charge in [0, 0.05) is 11.8 Å². The lowest BCUT2D eigenvalue weighted by atomic mass is 10.3. The van der Waals surface area contributed by atoms with E-state index in [4.69, 9.17) is 14.2 Å². The van der Waals surface area contributed by atoms with Crippen LogP contribution in [0.5, 0.6) is 17.2 Å². The summed E-state index contributed by atoms with van der Waals surface area (Å²) in [6, 6.07) is 11.2. The Balaban J connectivity index is 2.25. The van der Waals surface area contributed by atoms with Crippen molar-refractivity contribution < 1.29 is 22.6 Å². The number of ether oxygens (including phenoxy) is 3. The predicted octanol–water partition coefficient (Wildman–Crippen LogP) is 3.29. The molecule has 0 atom stereocenters. The van der Waals surface area contributed by atoms with E-state index in [1.807, 2.05) is 13.8 Å². The Morgan fingerprint density at radius 3 is 2.08 bits per heavy atom. The van der Waals surface area contributed by atoms with Gasteiger partial charge in [0.2, 0.25) is 0 Å². The Labute approximate surface area is 142 Å². The molecule has 0 amide bonds. The molecule has 2 rings (SSSR count). The summed E-state index contributed by atoms with van der Waals surface area (Å²) >= 11 is 0. The minimum absolute atomic E-state index is 0.0355. The third-order valence-corrected chi connectivity index (χ3v) is 4.56. The maximum atomic E-state index is 12.6. The summed E-state index contributed by atoms with van der Waals surface area (Å²) in [5.74, 6) is 1.40. The van der Waals surface area contributed by atoms with Gasteiger partial charge in [-0.25, -0.2) is 8.42 Å². The minimum atomic E-state index is -3.79. The van der Waals surface area contributed by atoms with Crippen LogP contribution in [-0.4, -0.2) is 28.7 Å². The first kappa shape index (κ1) is 17.9. The lowest BCUT2D eigenvalue weighted by Crippen LogP contribution is -2.14. The monoisotopic (exact) mass is 351 g/mol. The zero-order valence-electron chi connectivity index (χ0n) is 14.1. The summed E-state index contributed by atoms with van der Waals surface area (Å²) in [4.78, 5) is 0.0355. The maximum Gasteiger partial charge on any atom is 0.265 e. The highest BCUT2D eigenvalue weighted by Crippen LogP contribution is 2.30. The highest BCUT2D eigenvalue weighted by atomic mass is 32.2. The quantitative estimate of drug-likeness (QED) is 0.828. The molecule has 7 heteroatoms. The van der Waals surface area contributed by atoms with Crippen molar-refractivity contribution in [1.82, 2.24) is 0 Å². The van der Waals surface area contributed by atoms with Crippen molar-refractivity contribution in [3.05, 3.63) is 42.5 Å². The van der Waals surface area contributed by atoms with E-state index < -0.39 is 10.0 Å². The molecule has 0 bridgehead atoms. The highest BCUT2D eigenvalue weighted by molar-refractivity contribution is 7.92. The molecule has 0 saturated heterocycles. The molecule has 24 heavy (non-hydrogen) atoms. The van der Waals surface area contributed by atoms with Gasteiger partial charge in [0.25, 0.3) is 10.0 Å². The van der Waals surface area contributed by atoms with Crippen LogP contribution in [0.3, 0.4) is 0 Å². The molecule has 6 nitrogen and oxygen atoms in total. The van der Waals surface area contributed by atoms with Gasteiger partial charge < -0.3 is 14.2 Å². The van der Waals surface area contributed by atoms with Crippen LogP contribution in [0.15, 0.2) is 47.4 Å². The summed E-state index contributed by atoms with van der Waals surface area (Å²) in [7, 11) is -0.878. The average molecular weight is 351 g/mol. The number of sulfonamides is 1. The van der Waals surface area contributed by atoms with E-state index in [2.05, 4.69) is 4.72 Å². The molecule has 2 aromatic carbocycles. The largest absolute Gasteiger partial charge is 0.497 e. The van der Waals surface area contributed by atoms with Crippen LogP contribution < -0.4 is 18.9 Å². The number of methoxy groups -OCH3 is 2. The Kier molecular flexibility index (Phi) is 5.56. The van der Waals surface area contributed by atoms with E-state index >= 15 is 0 Å². The molecule has 0 fully saturated rings. The molecule has 0 radical (unpaired) electrons. The van der Waals surface area contributed by atoms with Crippen LogP contribution in [0.4, 0.5) is 5.69 Å². The Hall–Kier alpha value is -2.41. The van der Waals surface area contributed by atoms with Crippen molar-refractivity contribution in [2.45, 2.75) is 24.8 Å². The standard InChI is InChI=1S/C17H21NO5S/c1-12(2)23-14-7-5-13(6-8-14)18-24(19,20)17-10-9-15(21-3)11-16(17)22-4/h5-12,18H,1-4H3. The number of anilines is 1. The van der Waals surface area contributed by atoms with Gasteiger partial charge in [-0.15, -0.1) is 0 Å². The number of rotatable bonds is 7. The van der Waals surface area contributed by atoms with Gasteiger partial charge in [0.15, 0.2) is 0 Å². The van der Waals surface area contributed by atoms with E-state index in [1.54, 1.807) is 30.3 Å².